The minimum absolute atomic E-state index is 0.208. The van der Waals surface area contributed by atoms with E-state index >= 15 is 0 Å². The number of hydrogen-bond donors (Lipinski definition) is 2. The summed E-state index contributed by atoms with van der Waals surface area (Å²) in [5, 5.41) is 8.29. The summed E-state index contributed by atoms with van der Waals surface area (Å²) in [6.45, 7) is 5.17. The first-order chi connectivity index (χ1) is 6.85. The molecule has 0 fully saturated rings. The largest absolute Gasteiger partial charge is 0.466 e. The van der Waals surface area contributed by atoms with Gasteiger partial charge in [0.25, 0.3) is 0 Å². The molecule has 2 atom stereocenters. The quantitative estimate of drug-likeness (QED) is 0.317. The molecular formula is C8H17O6P. The Labute approximate surface area is 88.7 Å². The van der Waals surface area contributed by atoms with Gasteiger partial charge in [-0.3, -0.25) is 9.36 Å². The van der Waals surface area contributed by atoms with Gasteiger partial charge in [0.15, 0.2) is 0 Å². The molecule has 0 aromatic heterocycles. The topological polar surface area (TPSA) is 93.1 Å². The molecule has 90 valence electrons. The van der Waals surface area contributed by atoms with Crippen LogP contribution in [0.25, 0.3) is 0 Å². The second kappa shape index (κ2) is 6.23. The maximum Gasteiger partial charge on any atom is 0.359 e. The average Bonchev–Trinajstić information content (AvgIpc) is 2.14. The van der Waals surface area contributed by atoms with E-state index in [0.717, 1.165) is 0 Å². The number of carbonyl (C=O) groups excluding carboxylic acids is 1. The fourth-order valence-corrected chi connectivity index (χ4v) is 2.43. The zero-order chi connectivity index (χ0) is 12.1. The van der Waals surface area contributed by atoms with E-state index in [1.54, 1.807) is 20.8 Å². The van der Waals surface area contributed by atoms with Crippen molar-refractivity contribution in [3.63, 3.8) is 0 Å². The highest BCUT2D eigenvalue weighted by Gasteiger charge is 2.37. The average molecular weight is 240 g/mol. The van der Waals surface area contributed by atoms with Gasteiger partial charge < -0.3 is 9.63 Å². The standard InChI is InChI=1S/C8H17O6P/c1-4-13-8(9)5-7(6(2)3)15(11,12)14-10/h6-7,10H,4-5H2,1-3H3,(H,11,12). The van der Waals surface area contributed by atoms with Gasteiger partial charge in [0, 0.05) is 0 Å². The molecule has 2 unspecified atom stereocenters. The predicted molar refractivity (Wildman–Crippen MR) is 53.4 cm³/mol. The molecule has 0 amide bonds. The van der Waals surface area contributed by atoms with Crippen molar-refractivity contribution in [3.05, 3.63) is 0 Å². The number of hydrogen-bond acceptors (Lipinski definition) is 5. The van der Waals surface area contributed by atoms with Crippen molar-refractivity contribution in [1.82, 2.24) is 0 Å². The van der Waals surface area contributed by atoms with Crippen LogP contribution in [0.5, 0.6) is 0 Å². The van der Waals surface area contributed by atoms with E-state index in [9.17, 15) is 14.3 Å². The summed E-state index contributed by atoms with van der Waals surface area (Å²) in [5.41, 5.74) is -0.957. The van der Waals surface area contributed by atoms with Crippen molar-refractivity contribution < 1.29 is 28.9 Å². The number of ether oxygens (including phenoxy) is 1. The van der Waals surface area contributed by atoms with Crippen LogP contribution in [0.4, 0.5) is 0 Å². The van der Waals surface area contributed by atoms with Crippen LogP contribution in [0.1, 0.15) is 27.2 Å². The highest BCUT2D eigenvalue weighted by atomic mass is 31.2. The fourth-order valence-electron chi connectivity index (χ4n) is 1.18. The maximum atomic E-state index is 11.3. The Morgan fingerprint density at radius 2 is 2.00 bits per heavy atom. The van der Waals surface area contributed by atoms with Crippen LogP contribution in [-0.4, -0.2) is 28.4 Å². The molecule has 0 saturated carbocycles. The highest BCUT2D eigenvalue weighted by Crippen LogP contribution is 2.51. The van der Waals surface area contributed by atoms with E-state index in [4.69, 9.17) is 5.26 Å². The SMILES string of the molecule is CCOC(=O)CC(C(C)C)P(=O)(O)OO. The molecule has 0 saturated heterocycles. The molecule has 0 radical (unpaired) electrons. The summed E-state index contributed by atoms with van der Waals surface area (Å²) >= 11 is 0. The minimum Gasteiger partial charge on any atom is -0.466 e. The van der Waals surface area contributed by atoms with Crippen molar-refractivity contribution in [2.24, 2.45) is 5.92 Å². The Bertz CT molecular complexity index is 252. The molecule has 0 aliphatic heterocycles. The van der Waals surface area contributed by atoms with Crippen molar-refractivity contribution in [3.8, 4) is 0 Å². The van der Waals surface area contributed by atoms with E-state index in [0.29, 0.717) is 0 Å². The van der Waals surface area contributed by atoms with E-state index < -0.39 is 19.2 Å². The van der Waals surface area contributed by atoms with Gasteiger partial charge in [-0.15, -0.1) is 0 Å². The third-order valence-electron chi connectivity index (χ3n) is 1.99. The maximum absolute atomic E-state index is 11.3. The van der Waals surface area contributed by atoms with Crippen molar-refractivity contribution in [2.75, 3.05) is 6.61 Å². The van der Waals surface area contributed by atoms with Gasteiger partial charge in [-0.2, -0.15) is 4.67 Å². The molecule has 0 aromatic rings. The lowest BCUT2D eigenvalue weighted by Gasteiger charge is -2.22. The first-order valence-corrected chi connectivity index (χ1v) is 6.31. The molecule has 0 heterocycles. The molecule has 0 rings (SSSR count). The predicted octanol–water partition coefficient (Wildman–Crippen LogP) is 1.64. The summed E-state index contributed by atoms with van der Waals surface area (Å²) < 4.78 is 19.5. The van der Waals surface area contributed by atoms with Crippen LogP contribution in [0.2, 0.25) is 0 Å². The molecule has 15 heavy (non-hydrogen) atoms. The summed E-state index contributed by atoms with van der Waals surface area (Å²) in [7, 11) is -4.16. The molecule has 2 N–H and O–H groups in total. The van der Waals surface area contributed by atoms with Crippen LogP contribution in [0.15, 0.2) is 0 Å². The van der Waals surface area contributed by atoms with Crippen molar-refractivity contribution in [1.29, 1.82) is 0 Å². The smallest absolute Gasteiger partial charge is 0.359 e. The van der Waals surface area contributed by atoms with Crippen LogP contribution >= 0.6 is 7.60 Å². The van der Waals surface area contributed by atoms with E-state index in [-0.39, 0.29) is 18.9 Å². The monoisotopic (exact) mass is 240 g/mol. The Morgan fingerprint density at radius 3 is 2.33 bits per heavy atom. The second-order valence-corrected chi connectivity index (χ2v) is 5.42. The summed E-state index contributed by atoms with van der Waals surface area (Å²) in [6, 6.07) is 0. The Morgan fingerprint density at radius 1 is 1.47 bits per heavy atom. The van der Waals surface area contributed by atoms with E-state index in [2.05, 4.69) is 9.41 Å². The highest BCUT2D eigenvalue weighted by molar-refractivity contribution is 7.53. The molecule has 0 aromatic carbocycles. The first-order valence-electron chi connectivity index (χ1n) is 4.66. The van der Waals surface area contributed by atoms with Gasteiger partial charge in [0.2, 0.25) is 0 Å². The normalized spacial score (nSPS) is 17.2. The number of carbonyl (C=O) groups is 1. The second-order valence-electron chi connectivity index (χ2n) is 3.47. The van der Waals surface area contributed by atoms with Gasteiger partial charge in [-0.1, -0.05) is 13.8 Å². The molecular weight excluding hydrogens is 223 g/mol. The van der Waals surface area contributed by atoms with Crippen LogP contribution in [0, 0.1) is 5.92 Å². The molecule has 6 nitrogen and oxygen atoms in total. The third kappa shape index (κ3) is 4.75. The van der Waals surface area contributed by atoms with Gasteiger partial charge in [-0.05, 0) is 12.8 Å². The van der Waals surface area contributed by atoms with E-state index in [1.807, 2.05) is 0 Å². The molecule has 7 heteroatoms. The Kier molecular flexibility index (Phi) is 6.05. The lowest BCUT2D eigenvalue weighted by atomic mass is 10.1. The lowest BCUT2D eigenvalue weighted by molar-refractivity contribution is -0.151. The van der Waals surface area contributed by atoms with Gasteiger partial charge in [0.1, 0.15) is 0 Å². The lowest BCUT2D eigenvalue weighted by Crippen LogP contribution is -2.22. The first kappa shape index (κ1) is 14.6. The summed E-state index contributed by atoms with van der Waals surface area (Å²) in [5.74, 6) is -0.861. The number of esters is 1. The van der Waals surface area contributed by atoms with Crippen molar-refractivity contribution in [2.45, 2.75) is 32.9 Å². The Hall–Kier alpha value is -0.420. The molecule has 0 bridgehead atoms. The van der Waals surface area contributed by atoms with Gasteiger partial charge in [0.05, 0.1) is 18.7 Å². The third-order valence-corrected chi connectivity index (χ3v) is 3.84. The minimum atomic E-state index is -4.16. The summed E-state index contributed by atoms with van der Waals surface area (Å²) in [4.78, 5) is 20.4. The van der Waals surface area contributed by atoms with Crippen molar-refractivity contribution >= 4 is 13.6 Å². The van der Waals surface area contributed by atoms with Crippen LogP contribution in [-0.2, 0) is 18.8 Å². The molecule has 0 aliphatic carbocycles. The van der Waals surface area contributed by atoms with Gasteiger partial charge in [-0.25, -0.2) is 5.26 Å². The zero-order valence-corrected chi connectivity index (χ0v) is 9.94. The van der Waals surface area contributed by atoms with E-state index in [1.165, 1.54) is 0 Å². The van der Waals surface area contributed by atoms with Crippen LogP contribution < -0.4 is 0 Å². The Balaban J connectivity index is 4.56. The summed E-state index contributed by atoms with van der Waals surface area (Å²) in [6.07, 6.45) is -0.250. The van der Waals surface area contributed by atoms with Gasteiger partial charge >= 0.3 is 13.6 Å². The van der Waals surface area contributed by atoms with Crippen LogP contribution in [0.3, 0.4) is 0 Å². The fraction of sp³-hybridized carbons (Fsp3) is 0.875. The molecule has 0 aliphatic rings. The molecule has 0 spiro atoms. The zero-order valence-electron chi connectivity index (χ0n) is 9.04. The number of rotatable bonds is 6.